The van der Waals surface area contributed by atoms with Crippen molar-refractivity contribution >= 4 is 0 Å². The van der Waals surface area contributed by atoms with Crippen LogP contribution in [0.1, 0.15) is 35.0 Å². The molecular formula is C8H23NO. The Labute approximate surface area is 66.1 Å². The first-order valence-electron chi connectivity index (χ1n) is 4.13. The third-order valence-electron chi connectivity index (χ3n) is 1.27. The first-order chi connectivity index (χ1) is 4.85. The lowest BCUT2D eigenvalue weighted by Crippen LogP contribution is -2.28. The minimum Gasteiger partial charge on any atom is -0.395 e. The van der Waals surface area contributed by atoms with Crippen LogP contribution in [0.3, 0.4) is 0 Å². The molecule has 0 fully saturated rings. The second kappa shape index (κ2) is 11.7. The number of hydrogen-bond donors (Lipinski definition) is 2. The maximum Gasteiger partial charge on any atom is 0.0584 e. The summed E-state index contributed by atoms with van der Waals surface area (Å²) in [5.41, 5.74) is 0. The van der Waals surface area contributed by atoms with Gasteiger partial charge in [0.15, 0.2) is 0 Å². The Balaban J connectivity index is -0.000000196. The molecule has 0 aromatic heterocycles. The van der Waals surface area contributed by atoms with Gasteiger partial charge in [-0.1, -0.05) is 27.2 Å². The summed E-state index contributed by atoms with van der Waals surface area (Å²) in [6.45, 7) is 6.37. The van der Waals surface area contributed by atoms with E-state index in [0.717, 1.165) is 12.8 Å². The van der Waals surface area contributed by atoms with Gasteiger partial charge in [0, 0.05) is 7.47 Å². The topological polar surface area (TPSA) is 32.3 Å². The highest BCUT2D eigenvalue weighted by atomic mass is 16.3. The molecule has 0 spiro atoms. The van der Waals surface area contributed by atoms with Gasteiger partial charge < -0.3 is 10.4 Å². The molecule has 0 aliphatic carbocycles. The normalized spacial score (nSPS) is 11.7. The van der Waals surface area contributed by atoms with Crippen LogP contribution in [-0.2, 0) is 0 Å². The van der Waals surface area contributed by atoms with E-state index in [2.05, 4.69) is 12.2 Å². The maximum absolute atomic E-state index is 8.59. The number of likely N-dealkylation sites (N-methyl/N-ethyl adjacent to an activating group) is 1. The molecule has 66 valence electrons. The largest absolute Gasteiger partial charge is 0.395 e. The minimum atomic E-state index is 0. The quantitative estimate of drug-likeness (QED) is 0.637. The van der Waals surface area contributed by atoms with Gasteiger partial charge >= 0.3 is 0 Å². The molecule has 0 amide bonds. The summed E-state index contributed by atoms with van der Waals surface area (Å²) in [5, 5.41) is 11.6. The molecule has 0 saturated heterocycles. The summed E-state index contributed by atoms with van der Waals surface area (Å²) in [7, 11) is 1.87. The van der Waals surface area contributed by atoms with Crippen molar-refractivity contribution in [2.24, 2.45) is 0 Å². The van der Waals surface area contributed by atoms with Gasteiger partial charge in [-0.3, -0.25) is 0 Å². The third-order valence-corrected chi connectivity index (χ3v) is 1.27. The molecule has 0 aromatic carbocycles. The van der Waals surface area contributed by atoms with E-state index in [0.29, 0.717) is 6.04 Å². The first kappa shape index (κ1) is 12.6. The fraction of sp³-hybridized carbons (Fsp3) is 1.00. The lowest BCUT2D eigenvalue weighted by atomic mass is 10.2. The van der Waals surface area contributed by atoms with E-state index < -0.39 is 0 Å². The van der Waals surface area contributed by atoms with Crippen molar-refractivity contribution in [1.29, 1.82) is 0 Å². The SMILES string of the molecule is CC.CCCC(CO)NC.[HH]. The van der Waals surface area contributed by atoms with Crippen molar-refractivity contribution in [3.8, 4) is 0 Å². The summed E-state index contributed by atoms with van der Waals surface area (Å²) in [5.74, 6) is 0. The molecule has 0 rings (SSSR count). The zero-order valence-electron chi connectivity index (χ0n) is 7.65. The van der Waals surface area contributed by atoms with Crippen LogP contribution >= 0.6 is 0 Å². The molecular weight excluding hydrogens is 126 g/mol. The summed E-state index contributed by atoms with van der Waals surface area (Å²) in [6.07, 6.45) is 2.19. The predicted octanol–water partition coefficient (Wildman–Crippen LogP) is 1.64. The second-order valence-corrected chi connectivity index (χ2v) is 1.96. The minimum absolute atomic E-state index is 0. The molecule has 0 saturated carbocycles. The molecule has 0 aromatic rings. The molecule has 0 radical (unpaired) electrons. The summed E-state index contributed by atoms with van der Waals surface area (Å²) >= 11 is 0. The van der Waals surface area contributed by atoms with Crippen LogP contribution in [0, 0.1) is 0 Å². The lowest BCUT2D eigenvalue weighted by molar-refractivity contribution is 0.241. The third kappa shape index (κ3) is 7.92. The average molecular weight is 149 g/mol. The smallest absolute Gasteiger partial charge is 0.0584 e. The van der Waals surface area contributed by atoms with Crippen LogP contribution in [-0.4, -0.2) is 24.8 Å². The second-order valence-electron chi connectivity index (χ2n) is 1.96. The van der Waals surface area contributed by atoms with Gasteiger partial charge in [0.05, 0.1) is 6.61 Å². The molecule has 0 bridgehead atoms. The highest BCUT2D eigenvalue weighted by Crippen LogP contribution is 1.92. The van der Waals surface area contributed by atoms with Crippen molar-refractivity contribution < 1.29 is 6.53 Å². The zero-order chi connectivity index (χ0) is 8.41. The standard InChI is InChI=1S/C6H15NO.C2H6.H2/c1-3-4-6(5-8)7-2;1-2;/h6-8H,3-5H2,1-2H3;1-2H3;1H. The lowest BCUT2D eigenvalue weighted by Gasteiger charge is -2.09. The Hall–Kier alpha value is -0.0800. The van der Waals surface area contributed by atoms with Crippen LogP contribution in [0.4, 0.5) is 0 Å². The van der Waals surface area contributed by atoms with Gasteiger partial charge in [0.2, 0.25) is 0 Å². The molecule has 0 heterocycles. The zero-order valence-corrected chi connectivity index (χ0v) is 7.65. The first-order valence-corrected chi connectivity index (χ1v) is 4.13. The van der Waals surface area contributed by atoms with Crippen molar-refractivity contribution in [3.63, 3.8) is 0 Å². The molecule has 2 nitrogen and oxygen atoms in total. The van der Waals surface area contributed by atoms with E-state index in [4.69, 9.17) is 5.11 Å². The summed E-state index contributed by atoms with van der Waals surface area (Å²) in [4.78, 5) is 0. The van der Waals surface area contributed by atoms with Gasteiger partial charge in [0.1, 0.15) is 0 Å². The van der Waals surface area contributed by atoms with E-state index in [-0.39, 0.29) is 8.03 Å². The Morgan fingerprint density at radius 2 is 2.00 bits per heavy atom. The molecule has 0 aliphatic rings. The molecule has 1 atom stereocenters. The van der Waals surface area contributed by atoms with Crippen molar-refractivity contribution in [2.75, 3.05) is 13.7 Å². The number of hydrogen-bond acceptors (Lipinski definition) is 2. The summed E-state index contributed by atoms with van der Waals surface area (Å²) < 4.78 is 0. The van der Waals surface area contributed by atoms with E-state index in [1.807, 2.05) is 20.9 Å². The molecule has 1 unspecified atom stereocenters. The fourth-order valence-corrected chi connectivity index (χ4v) is 0.675. The number of aliphatic hydroxyl groups is 1. The van der Waals surface area contributed by atoms with E-state index in [1.54, 1.807) is 0 Å². The van der Waals surface area contributed by atoms with Crippen LogP contribution in [0.25, 0.3) is 0 Å². The van der Waals surface area contributed by atoms with Crippen molar-refractivity contribution in [3.05, 3.63) is 0 Å². The van der Waals surface area contributed by atoms with Crippen LogP contribution < -0.4 is 5.32 Å². The van der Waals surface area contributed by atoms with Gasteiger partial charge in [0.25, 0.3) is 0 Å². The van der Waals surface area contributed by atoms with Crippen molar-refractivity contribution in [2.45, 2.75) is 39.7 Å². The van der Waals surface area contributed by atoms with E-state index in [9.17, 15) is 0 Å². The Morgan fingerprint density at radius 3 is 2.10 bits per heavy atom. The molecule has 2 heteroatoms. The van der Waals surface area contributed by atoms with Crippen LogP contribution in [0.2, 0.25) is 0 Å². The van der Waals surface area contributed by atoms with Crippen molar-refractivity contribution in [1.82, 2.24) is 5.32 Å². The fourth-order valence-electron chi connectivity index (χ4n) is 0.675. The highest BCUT2D eigenvalue weighted by molar-refractivity contribution is 4.59. The Morgan fingerprint density at radius 1 is 1.50 bits per heavy atom. The molecule has 10 heavy (non-hydrogen) atoms. The Kier molecular flexibility index (Phi) is 14.7. The number of nitrogens with one attached hydrogen (secondary N) is 1. The highest BCUT2D eigenvalue weighted by Gasteiger charge is 1.99. The van der Waals surface area contributed by atoms with Gasteiger partial charge in [-0.2, -0.15) is 0 Å². The van der Waals surface area contributed by atoms with E-state index in [1.165, 1.54) is 0 Å². The number of aliphatic hydroxyl groups excluding tert-OH is 1. The van der Waals surface area contributed by atoms with Crippen LogP contribution in [0.5, 0.6) is 0 Å². The Bertz CT molecular complexity index is 49.4. The predicted molar refractivity (Wildman–Crippen MR) is 48.3 cm³/mol. The maximum atomic E-state index is 8.59. The monoisotopic (exact) mass is 149 g/mol. The number of rotatable bonds is 4. The molecule has 2 N–H and O–H groups in total. The van der Waals surface area contributed by atoms with Crippen LogP contribution in [0.15, 0.2) is 0 Å². The molecule has 0 aliphatic heterocycles. The van der Waals surface area contributed by atoms with Gasteiger partial charge in [-0.25, -0.2) is 0 Å². The van der Waals surface area contributed by atoms with Gasteiger partial charge in [-0.05, 0) is 13.5 Å². The van der Waals surface area contributed by atoms with Gasteiger partial charge in [-0.15, -0.1) is 0 Å². The van der Waals surface area contributed by atoms with E-state index >= 15 is 0 Å². The average Bonchev–Trinajstić information content (AvgIpc) is 2.04. The summed E-state index contributed by atoms with van der Waals surface area (Å²) in [6, 6.07) is 0.306.